The first-order valence-electron chi connectivity index (χ1n) is 5.87. The lowest BCUT2D eigenvalue weighted by molar-refractivity contribution is 0.0984. The Balaban J connectivity index is 2.06. The molecule has 88 valence electrons. The molecule has 1 aliphatic rings. The highest BCUT2D eigenvalue weighted by Crippen LogP contribution is 2.30. The molecule has 2 unspecified atom stereocenters. The third-order valence-corrected chi connectivity index (χ3v) is 3.92. The summed E-state index contributed by atoms with van der Waals surface area (Å²) in [6, 6.07) is 8.33. The van der Waals surface area contributed by atoms with Crippen molar-refractivity contribution in [3.8, 4) is 0 Å². The van der Waals surface area contributed by atoms with Crippen LogP contribution in [0.4, 0.5) is 0 Å². The van der Waals surface area contributed by atoms with Gasteiger partial charge >= 0.3 is 0 Å². The summed E-state index contributed by atoms with van der Waals surface area (Å²) in [5.41, 5.74) is 7.18. The van der Waals surface area contributed by atoms with Gasteiger partial charge in [-0.05, 0) is 43.4 Å². The molecular weight excluding hydrogens is 266 g/mol. The van der Waals surface area contributed by atoms with Crippen LogP contribution in [-0.2, 0) is 4.74 Å². The van der Waals surface area contributed by atoms with E-state index in [9.17, 15) is 0 Å². The number of nitrogens with two attached hydrogens (primary N) is 1. The minimum absolute atomic E-state index is 0.402. The summed E-state index contributed by atoms with van der Waals surface area (Å²) in [7, 11) is 0. The van der Waals surface area contributed by atoms with Crippen LogP contribution in [0.15, 0.2) is 28.7 Å². The van der Waals surface area contributed by atoms with Gasteiger partial charge in [0.2, 0.25) is 0 Å². The molecule has 0 radical (unpaired) electrons. The predicted octanol–water partition coefficient (Wildman–Crippen LogP) is 3.06. The fraction of sp³-hybridized carbons (Fsp3) is 0.538. The third kappa shape index (κ3) is 2.84. The Morgan fingerprint density at radius 1 is 1.44 bits per heavy atom. The van der Waals surface area contributed by atoms with E-state index in [0.717, 1.165) is 17.5 Å². The van der Waals surface area contributed by atoms with Crippen molar-refractivity contribution in [1.29, 1.82) is 0 Å². The van der Waals surface area contributed by atoms with E-state index in [4.69, 9.17) is 10.5 Å². The zero-order valence-electron chi connectivity index (χ0n) is 9.36. The molecule has 0 bridgehead atoms. The maximum absolute atomic E-state index is 5.88. The first kappa shape index (κ1) is 12.1. The van der Waals surface area contributed by atoms with E-state index in [2.05, 4.69) is 34.1 Å². The summed E-state index contributed by atoms with van der Waals surface area (Å²) >= 11 is 3.59. The van der Waals surface area contributed by atoms with Crippen molar-refractivity contribution in [2.24, 2.45) is 5.73 Å². The Morgan fingerprint density at radius 3 is 2.88 bits per heavy atom. The lowest BCUT2D eigenvalue weighted by atomic mass is 9.92. The van der Waals surface area contributed by atoms with Crippen molar-refractivity contribution in [2.45, 2.75) is 31.3 Å². The van der Waals surface area contributed by atoms with Gasteiger partial charge in [-0.25, -0.2) is 0 Å². The molecule has 0 spiro atoms. The van der Waals surface area contributed by atoms with Gasteiger partial charge in [-0.3, -0.25) is 0 Å². The predicted molar refractivity (Wildman–Crippen MR) is 69.5 cm³/mol. The summed E-state index contributed by atoms with van der Waals surface area (Å²) < 4.78 is 6.83. The quantitative estimate of drug-likeness (QED) is 0.922. The fourth-order valence-electron chi connectivity index (χ4n) is 2.30. The molecule has 1 aliphatic heterocycles. The van der Waals surface area contributed by atoms with E-state index in [1.807, 2.05) is 6.07 Å². The van der Waals surface area contributed by atoms with Gasteiger partial charge in [0, 0.05) is 11.1 Å². The van der Waals surface area contributed by atoms with Gasteiger partial charge < -0.3 is 10.5 Å². The second-order valence-electron chi connectivity index (χ2n) is 4.32. The summed E-state index contributed by atoms with van der Waals surface area (Å²) in [5, 5.41) is 0. The van der Waals surface area contributed by atoms with Gasteiger partial charge in [0.1, 0.15) is 0 Å². The second kappa shape index (κ2) is 5.80. The molecule has 2 N–H and O–H groups in total. The molecule has 0 saturated carbocycles. The molecule has 0 aromatic heterocycles. The Kier molecular flexibility index (Phi) is 4.38. The molecule has 1 saturated heterocycles. The van der Waals surface area contributed by atoms with Gasteiger partial charge in [-0.1, -0.05) is 34.1 Å². The van der Waals surface area contributed by atoms with Crippen LogP contribution < -0.4 is 5.73 Å². The summed E-state index contributed by atoms with van der Waals surface area (Å²) in [6.45, 7) is 1.60. The Bertz CT molecular complexity index is 336. The Morgan fingerprint density at radius 2 is 2.25 bits per heavy atom. The standard InChI is InChI=1S/C13H18BrNO/c14-13-6-2-1-5-12(13)10(9-15)8-11-4-3-7-16-11/h1-2,5-6,10-11H,3-4,7-9,15H2. The fourth-order valence-corrected chi connectivity index (χ4v) is 2.91. The molecule has 1 aromatic carbocycles. The molecule has 2 rings (SSSR count). The van der Waals surface area contributed by atoms with E-state index in [0.29, 0.717) is 18.6 Å². The van der Waals surface area contributed by atoms with E-state index in [1.165, 1.54) is 18.4 Å². The van der Waals surface area contributed by atoms with Crippen molar-refractivity contribution in [2.75, 3.05) is 13.2 Å². The molecule has 16 heavy (non-hydrogen) atoms. The summed E-state index contributed by atoms with van der Waals surface area (Å²) in [5.74, 6) is 0.402. The van der Waals surface area contributed by atoms with Gasteiger partial charge in [-0.2, -0.15) is 0 Å². The van der Waals surface area contributed by atoms with E-state index >= 15 is 0 Å². The molecule has 0 amide bonds. The smallest absolute Gasteiger partial charge is 0.0582 e. The second-order valence-corrected chi connectivity index (χ2v) is 5.18. The summed E-state index contributed by atoms with van der Waals surface area (Å²) in [6.07, 6.45) is 3.82. The molecular formula is C13H18BrNO. The van der Waals surface area contributed by atoms with Crippen LogP contribution in [0, 0.1) is 0 Å². The molecule has 3 heteroatoms. The zero-order valence-corrected chi connectivity index (χ0v) is 10.9. The van der Waals surface area contributed by atoms with Crippen LogP contribution in [0.5, 0.6) is 0 Å². The lowest BCUT2D eigenvalue weighted by Crippen LogP contribution is -2.19. The third-order valence-electron chi connectivity index (χ3n) is 3.20. The molecule has 1 aromatic rings. The topological polar surface area (TPSA) is 35.2 Å². The van der Waals surface area contributed by atoms with Crippen molar-refractivity contribution in [3.05, 3.63) is 34.3 Å². The van der Waals surface area contributed by atoms with Crippen LogP contribution in [0.3, 0.4) is 0 Å². The van der Waals surface area contributed by atoms with Crippen molar-refractivity contribution >= 4 is 15.9 Å². The molecule has 1 fully saturated rings. The van der Waals surface area contributed by atoms with E-state index in [-0.39, 0.29) is 0 Å². The SMILES string of the molecule is NCC(CC1CCCO1)c1ccccc1Br. The highest BCUT2D eigenvalue weighted by atomic mass is 79.9. The van der Waals surface area contributed by atoms with E-state index in [1.54, 1.807) is 0 Å². The highest BCUT2D eigenvalue weighted by molar-refractivity contribution is 9.10. The normalized spacial score (nSPS) is 22.2. The minimum Gasteiger partial charge on any atom is -0.378 e. The number of ether oxygens (including phenoxy) is 1. The minimum atomic E-state index is 0.402. The average Bonchev–Trinajstić information content (AvgIpc) is 2.80. The number of hydrogen-bond acceptors (Lipinski definition) is 2. The molecule has 1 heterocycles. The van der Waals surface area contributed by atoms with Crippen molar-refractivity contribution in [1.82, 2.24) is 0 Å². The van der Waals surface area contributed by atoms with Crippen LogP contribution in [0.2, 0.25) is 0 Å². The number of benzene rings is 1. The van der Waals surface area contributed by atoms with Gasteiger partial charge in [0.25, 0.3) is 0 Å². The van der Waals surface area contributed by atoms with Crippen LogP contribution in [0.1, 0.15) is 30.7 Å². The monoisotopic (exact) mass is 283 g/mol. The maximum Gasteiger partial charge on any atom is 0.0582 e. The van der Waals surface area contributed by atoms with E-state index < -0.39 is 0 Å². The first-order chi connectivity index (χ1) is 7.81. The molecule has 2 nitrogen and oxygen atoms in total. The average molecular weight is 284 g/mol. The molecule has 0 aliphatic carbocycles. The largest absolute Gasteiger partial charge is 0.378 e. The van der Waals surface area contributed by atoms with Gasteiger partial charge in [-0.15, -0.1) is 0 Å². The van der Waals surface area contributed by atoms with Gasteiger partial charge in [0.15, 0.2) is 0 Å². The van der Waals surface area contributed by atoms with Crippen LogP contribution in [0.25, 0.3) is 0 Å². The Labute approximate surface area is 105 Å². The highest BCUT2D eigenvalue weighted by Gasteiger charge is 2.22. The summed E-state index contributed by atoms with van der Waals surface area (Å²) in [4.78, 5) is 0. The van der Waals surface area contributed by atoms with Crippen molar-refractivity contribution < 1.29 is 4.74 Å². The molecule has 2 atom stereocenters. The van der Waals surface area contributed by atoms with Gasteiger partial charge in [0.05, 0.1) is 6.10 Å². The van der Waals surface area contributed by atoms with Crippen molar-refractivity contribution in [3.63, 3.8) is 0 Å². The maximum atomic E-state index is 5.88. The van der Waals surface area contributed by atoms with Crippen LogP contribution in [-0.4, -0.2) is 19.3 Å². The lowest BCUT2D eigenvalue weighted by Gasteiger charge is -2.20. The van der Waals surface area contributed by atoms with Crippen LogP contribution >= 0.6 is 15.9 Å². The Hall–Kier alpha value is -0.380. The number of rotatable bonds is 4. The first-order valence-corrected chi connectivity index (χ1v) is 6.66. The number of hydrogen-bond donors (Lipinski definition) is 1. The number of halogens is 1. The zero-order chi connectivity index (χ0) is 11.4.